The molecule has 96 valence electrons. The van der Waals surface area contributed by atoms with Crippen molar-refractivity contribution in [3.8, 4) is 0 Å². The van der Waals surface area contributed by atoms with Gasteiger partial charge >= 0.3 is 5.97 Å². The largest absolute Gasteiger partial charge is 0.478 e. The molecule has 0 saturated carbocycles. The number of carbonyl (C=O) groups is 3. The standard InChI is InChI=1S/C11H12N2O5/c1-18-5-9(14)13-8-3-6(10(12)15)2-7(4-8)11(16)17/h2-4H,5H2,1H3,(H2,12,15)(H,13,14)(H,16,17). The minimum Gasteiger partial charge on any atom is -0.478 e. The number of rotatable bonds is 5. The molecule has 4 N–H and O–H groups in total. The number of benzene rings is 1. The van der Waals surface area contributed by atoms with Crippen LogP contribution in [0.3, 0.4) is 0 Å². The van der Waals surface area contributed by atoms with E-state index in [1.54, 1.807) is 0 Å². The number of carboxylic acids is 1. The Kier molecular flexibility index (Phi) is 4.39. The van der Waals surface area contributed by atoms with Crippen LogP contribution < -0.4 is 11.1 Å². The highest BCUT2D eigenvalue weighted by Gasteiger charge is 2.11. The molecule has 7 heteroatoms. The van der Waals surface area contributed by atoms with Crippen molar-refractivity contribution in [3.63, 3.8) is 0 Å². The van der Waals surface area contributed by atoms with Crippen molar-refractivity contribution in [2.24, 2.45) is 5.73 Å². The summed E-state index contributed by atoms with van der Waals surface area (Å²) in [4.78, 5) is 33.2. The van der Waals surface area contributed by atoms with Gasteiger partial charge in [0.1, 0.15) is 6.61 Å². The van der Waals surface area contributed by atoms with Crippen molar-refractivity contribution in [1.82, 2.24) is 0 Å². The lowest BCUT2D eigenvalue weighted by Crippen LogP contribution is -2.19. The van der Waals surface area contributed by atoms with E-state index >= 15 is 0 Å². The number of carbonyl (C=O) groups excluding carboxylic acids is 2. The second-order valence-electron chi connectivity index (χ2n) is 3.45. The Morgan fingerprint density at radius 3 is 2.39 bits per heavy atom. The zero-order chi connectivity index (χ0) is 13.7. The van der Waals surface area contributed by atoms with Crippen molar-refractivity contribution >= 4 is 23.5 Å². The zero-order valence-corrected chi connectivity index (χ0v) is 9.60. The van der Waals surface area contributed by atoms with Gasteiger partial charge < -0.3 is 20.9 Å². The molecular formula is C11H12N2O5. The maximum Gasteiger partial charge on any atom is 0.335 e. The van der Waals surface area contributed by atoms with E-state index in [2.05, 4.69) is 10.1 Å². The van der Waals surface area contributed by atoms with E-state index in [9.17, 15) is 14.4 Å². The van der Waals surface area contributed by atoms with E-state index < -0.39 is 17.8 Å². The number of anilines is 1. The van der Waals surface area contributed by atoms with Crippen LogP contribution in [-0.4, -0.2) is 36.6 Å². The highest BCUT2D eigenvalue weighted by molar-refractivity contribution is 6.00. The first-order valence-corrected chi connectivity index (χ1v) is 4.91. The maximum absolute atomic E-state index is 11.3. The number of aromatic carboxylic acids is 1. The van der Waals surface area contributed by atoms with Crippen LogP contribution in [0.4, 0.5) is 5.69 Å². The number of nitrogens with two attached hydrogens (primary N) is 1. The van der Waals surface area contributed by atoms with Crippen molar-refractivity contribution in [2.45, 2.75) is 0 Å². The van der Waals surface area contributed by atoms with E-state index in [4.69, 9.17) is 10.8 Å². The molecule has 1 rings (SSSR count). The van der Waals surface area contributed by atoms with Crippen LogP contribution in [0.2, 0.25) is 0 Å². The number of amides is 2. The topological polar surface area (TPSA) is 119 Å². The minimum absolute atomic E-state index is 0.00242. The third-order valence-electron chi connectivity index (χ3n) is 2.02. The third kappa shape index (κ3) is 3.56. The summed E-state index contributed by atoms with van der Waals surface area (Å²) in [6, 6.07) is 3.65. The molecule has 0 spiro atoms. The summed E-state index contributed by atoms with van der Waals surface area (Å²) in [5.74, 6) is -2.46. The fraction of sp³-hybridized carbons (Fsp3) is 0.182. The average molecular weight is 252 g/mol. The van der Waals surface area contributed by atoms with Gasteiger partial charge in [-0.1, -0.05) is 0 Å². The molecule has 18 heavy (non-hydrogen) atoms. The molecule has 0 aliphatic rings. The number of methoxy groups -OCH3 is 1. The number of primary amides is 1. The van der Waals surface area contributed by atoms with E-state index in [0.717, 1.165) is 6.07 Å². The van der Waals surface area contributed by atoms with Gasteiger partial charge in [0.2, 0.25) is 11.8 Å². The molecule has 0 aliphatic carbocycles. The highest BCUT2D eigenvalue weighted by atomic mass is 16.5. The summed E-state index contributed by atoms with van der Waals surface area (Å²) in [6.45, 7) is -0.177. The second kappa shape index (κ2) is 5.78. The Morgan fingerprint density at radius 2 is 1.89 bits per heavy atom. The molecule has 0 saturated heterocycles. The van der Waals surface area contributed by atoms with Gasteiger partial charge in [0.05, 0.1) is 5.56 Å². The molecule has 0 bridgehead atoms. The van der Waals surface area contributed by atoms with Gasteiger partial charge in [0, 0.05) is 18.4 Å². The molecule has 2 amide bonds. The Labute approximate surface area is 103 Å². The molecule has 0 radical (unpaired) electrons. The van der Waals surface area contributed by atoms with Crippen molar-refractivity contribution in [1.29, 1.82) is 0 Å². The molecular weight excluding hydrogens is 240 g/mol. The van der Waals surface area contributed by atoms with Crippen LogP contribution in [0.25, 0.3) is 0 Å². The van der Waals surface area contributed by atoms with Crippen molar-refractivity contribution in [2.75, 3.05) is 19.0 Å². The van der Waals surface area contributed by atoms with E-state index in [-0.39, 0.29) is 23.4 Å². The van der Waals surface area contributed by atoms with Gasteiger partial charge in [0.15, 0.2) is 0 Å². The summed E-state index contributed by atoms with van der Waals surface area (Å²) in [5.41, 5.74) is 5.11. The Morgan fingerprint density at radius 1 is 1.28 bits per heavy atom. The second-order valence-corrected chi connectivity index (χ2v) is 3.45. The smallest absolute Gasteiger partial charge is 0.335 e. The maximum atomic E-state index is 11.3. The third-order valence-corrected chi connectivity index (χ3v) is 2.02. The van der Waals surface area contributed by atoms with Gasteiger partial charge in [-0.15, -0.1) is 0 Å². The van der Waals surface area contributed by atoms with Gasteiger partial charge in [-0.3, -0.25) is 9.59 Å². The van der Waals surface area contributed by atoms with Gasteiger partial charge in [-0.25, -0.2) is 4.79 Å². The van der Waals surface area contributed by atoms with Crippen LogP contribution in [-0.2, 0) is 9.53 Å². The van der Waals surface area contributed by atoms with Crippen LogP contribution in [0.15, 0.2) is 18.2 Å². The number of nitrogens with one attached hydrogen (secondary N) is 1. The van der Waals surface area contributed by atoms with Gasteiger partial charge in [-0.05, 0) is 18.2 Å². The molecule has 7 nitrogen and oxygen atoms in total. The lowest BCUT2D eigenvalue weighted by atomic mass is 10.1. The van der Waals surface area contributed by atoms with Gasteiger partial charge in [-0.2, -0.15) is 0 Å². The van der Waals surface area contributed by atoms with Crippen LogP contribution >= 0.6 is 0 Å². The summed E-state index contributed by atoms with van der Waals surface area (Å²) in [7, 11) is 1.35. The fourth-order valence-electron chi connectivity index (χ4n) is 1.29. The summed E-state index contributed by atoms with van der Waals surface area (Å²) in [6.07, 6.45) is 0. The number of carboxylic acid groups (broad SMARTS) is 1. The molecule has 0 unspecified atom stereocenters. The monoisotopic (exact) mass is 252 g/mol. The molecule has 0 aromatic heterocycles. The van der Waals surface area contributed by atoms with Crippen molar-refractivity contribution < 1.29 is 24.2 Å². The Hall–Kier alpha value is -2.41. The molecule has 0 aliphatic heterocycles. The Balaban J connectivity index is 3.07. The molecule has 0 fully saturated rings. The van der Waals surface area contributed by atoms with Gasteiger partial charge in [0.25, 0.3) is 0 Å². The summed E-state index contributed by atoms with van der Waals surface area (Å²) >= 11 is 0. The van der Waals surface area contributed by atoms with E-state index in [0.29, 0.717) is 0 Å². The predicted octanol–water partition coefficient (Wildman–Crippen LogP) is 0.0686. The average Bonchev–Trinajstić information content (AvgIpc) is 2.28. The fourth-order valence-corrected chi connectivity index (χ4v) is 1.29. The van der Waals surface area contributed by atoms with Crippen LogP contribution in [0, 0.1) is 0 Å². The zero-order valence-electron chi connectivity index (χ0n) is 9.60. The Bertz CT molecular complexity index is 466. The van der Waals surface area contributed by atoms with E-state index in [1.807, 2.05) is 0 Å². The first kappa shape index (κ1) is 13.7. The highest BCUT2D eigenvalue weighted by Crippen LogP contribution is 2.15. The first-order chi connectivity index (χ1) is 8.43. The number of hydrogen-bond acceptors (Lipinski definition) is 4. The molecule has 1 aromatic rings. The van der Waals surface area contributed by atoms with Crippen LogP contribution in [0.1, 0.15) is 20.7 Å². The number of hydrogen-bond donors (Lipinski definition) is 3. The lowest BCUT2D eigenvalue weighted by Gasteiger charge is -2.07. The molecule has 1 aromatic carbocycles. The molecule has 0 atom stereocenters. The minimum atomic E-state index is -1.22. The van der Waals surface area contributed by atoms with Crippen LogP contribution in [0.5, 0.6) is 0 Å². The van der Waals surface area contributed by atoms with E-state index in [1.165, 1.54) is 19.2 Å². The van der Waals surface area contributed by atoms with Crippen molar-refractivity contribution in [3.05, 3.63) is 29.3 Å². The summed E-state index contributed by atoms with van der Waals surface area (Å²) in [5, 5.41) is 11.3. The molecule has 0 heterocycles. The number of ether oxygens (including phenoxy) is 1. The predicted molar refractivity (Wildman–Crippen MR) is 62.4 cm³/mol. The first-order valence-electron chi connectivity index (χ1n) is 4.91. The summed E-state index contributed by atoms with van der Waals surface area (Å²) < 4.78 is 4.61. The SMILES string of the molecule is COCC(=O)Nc1cc(C(N)=O)cc(C(=O)O)c1. The normalized spacial score (nSPS) is 9.83. The quantitative estimate of drug-likeness (QED) is 0.685. The lowest BCUT2D eigenvalue weighted by molar-refractivity contribution is -0.119.